The van der Waals surface area contributed by atoms with Gasteiger partial charge >= 0.3 is 0 Å². The first-order valence-electron chi connectivity index (χ1n) is 7.18. The second-order valence-electron chi connectivity index (χ2n) is 5.07. The summed E-state index contributed by atoms with van der Waals surface area (Å²) in [6.07, 6.45) is 6.44. The van der Waals surface area contributed by atoms with E-state index in [0.717, 1.165) is 4.47 Å². The summed E-state index contributed by atoms with van der Waals surface area (Å²) < 4.78 is 1.15. The SMILES string of the molecule is CCCCC(CCC)NC(C)c1ccc(Br)cc1. The number of hydrogen-bond donors (Lipinski definition) is 1. The molecule has 0 heterocycles. The van der Waals surface area contributed by atoms with Crippen LogP contribution in [0.5, 0.6) is 0 Å². The number of benzene rings is 1. The number of unbranched alkanes of at least 4 members (excludes halogenated alkanes) is 1. The highest BCUT2D eigenvalue weighted by Gasteiger charge is 2.12. The summed E-state index contributed by atoms with van der Waals surface area (Å²) in [5.41, 5.74) is 1.37. The standard InChI is InChI=1S/C16H26BrN/c1-4-6-8-16(7-5-2)18-13(3)14-9-11-15(17)12-10-14/h9-13,16,18H,4-8H2,1-3H3. The largest absolute Gasteiger partial charge is 0.307 e. The number of rotatable bonds is 8. The Bertz CT molecular complexity index is 320. The number of halogens is 1. The van der Waals surface area contributed by atoms with Gasteiger partial charge in [0.2, 0.25) is 0 Å². The van der Waals surface area contributed by atoms with Crippen LogP contribution in [0.15, 0.2) is 28.7 Å². The molecule has 1 rings (SSSR count). The molecule has 0 saturated carbocycles. The predicted molar refractivity (Wildman–Crippen MR) is 83.9 cm³/mol. The van der Waals surface area contributed by atoms with E-state index in [1.54, 1.807) is 0 Å². The Labute approximate surface area is 120 Å². The van der Waals surface area contributed by atoms with Crippen molar-refractivity contribution in [3.8, 4) is 0 Å². The normalized spacial score (nSPS) is 14.4. The maximum Gasteiger partial charge on any atom is 0.0294 e. The molecule has 0 aliphatic heterocycles. The molecule has 2 unspecified atom stereocenters. The molecule has 0 amide bonds. The van der Waals surface area contributed by atoms with Gasteiger partial charge in [0.25, 0.3) is 0 Å². The molecular formula is C16H26BrN. The molecule has 2 atom stereocenters. The quantitative estimate of drug-likeness (QED) is 0.672. The van der Waals surface area contributed by atoms with Crippen molar-refractivity contribution in [1.29, 1.82) is 0 Å². The molecule has 2 heteroatoms. The van der Waals surface area contributed by atoms with Gasteiger partial charge in [0, 0.05) is 16.6 Å². The third-order valence-corrected chi connectivity index (χ3v) is 3.93. The summed E-state index contributed by atoms with van der Waals surface area (Å²) in [6.45, 7) is 6.80. The van der Waals surface area contributed by atoms with Gasteiger partial charge in [-0.3, -0.25) is 0 Å². The topological polar surface area (TPSA) is 12.0 Å². The zero-order valence-electron chi connectivity index (χ0n) is 11.9. The van der Waals surface area contributed by atoms with Crippen LogP contribution in [0.4, 0.5) is 0 Å². The molecule has 0 saturated heterocycles. The lowest BCUT2D eigenvalue weighted by Crippen LogP contribution is -2.31. The van der Waals surface area contributed by atoms with Crippen molar-refractivity contribution in [2.75, 3.05) is 0 Å². The Morgan fingerprint density at radius 3 is 2.28 bits per heavy atom. The van der Waals surface area contributed by atoms with Crippen LogP contribution in [0.3, 0.4) is 0 Å². The molecule has 1 aromatic carbocycles. The van der Waals surface area contributed by atoms with Gasteiger partial charge in [0.1, 0.15) is 0 Å². The van der Waals surface area contributed by atoms with Crippen molar-refractivity contribution in [1.82, 2.24) is 5.32 Å². The van der Waals surface area contributed by atoms with Crippen LogP contribution in [-0.2, 0) is 0 Å². The maximum absolute atomic E-state index is 3.77. The van der Waals surface area contributed by atoms with Gasteiger partial charge in [-0.25, -0.2) is 0 Å². The van der Waals surface area contributed by atoms with Crippen LogP contribution in [0.2, 0.25) is 0 Å². The predicted octanol–water partition coefficient (Wildman–Crippen LogP) is 5.46. The van der Waals surface area contributed by atoms with Crippen molar-refractivity contribution in [2.45, 2.75) is 65.0 Å². The van der Waals surface area contributed by atoms with Crippen LogP contribution in [0.1, 0.15) is 64.5 Å². The van der Waals surface area contributed by atoms with Crippen molar-refractivity contribution in [3.05, 3.63) is 34.3 Å². The molecule has 102 valence electrons. The lowest BCUT2D eigenvalue weighted by molar-refractivity contribution is 0.396. The van der Waals surface area contributed by atoms with E-state index in [4.69, 9.17) is 0 Å². The van der Waals surface area contributed by atoms with Crippen molar-refractivity contribution >= 4 is 15.9 Å². The fourth-order valence-corrected chi connectivity index (χ4v) is 2.58. The minimum absolute atomic E-state index is 0.437. The zero-order chi connectivity index (χ0) is 13.4. The van der Waals surface area contributed by atoms with E-state index < -0.39 is 0 Å². The minimum Gasteiger partial charge on any atom is -0.307 e. The van der Waals surface area contributed by atoms with Gasteiger partial charge in [-0.05, 0) is 37.5 Å². The first-order valence-corrected chi connectivity index (χ1v) is 7.98. The van der Waals surface area contributed by atoms with E-state index in [1.807, 2.05) is 0 Å². The molecule has 0 aliphatic carbocycles. The van der Waals surface area contributed by atoms with E-state index in [1.165, 1.54) is 37.7 Å². The molecule has 0 aliphatic rings. The molecule has 0 aromatic heterocycles. The second kappa shape index (κ2) is 8.71. The smallest absolute Gasteiger partial charge is 0.0294 e. The highest BCUT2D eigenvalue weighted by Crippen LogP contribution is 2.19. The van der Waals surface area contributed by atoms with Crippen molar-refractivity contribution in [3.63, 3.8) is 0 Å². The molecule has 0 radical (unpaired) electrons. The Morgan fingerprint density at radius 1 is 1.06 bits per heavy atom. The molecule has 1 N–H and O–H groups in total. The summed E-state index contributed by atoms with van der Waals surface area (Å²) in [5.74, 6) is 0. The van der Waals surface area contributed by atoms with Crippen LogP contribution >= 0.6 is 15.9 Å². The molecule has 0 bridgehead atoms. The minimum atomic E-state index is 0.437. The lowest BCUT2D eigenvalue weighted by Gasteiger charge is -2.23. The van der Waals surface area contributed by atoms with Crippen LogP contribution in [-0.4, -0.2) is 6.04 Å². The molecule has 0 fully saturated rings. The van der Waals surface area contributed by atoms with Crippen LogP contribution < -0.4 is 5.32 Å². The number of nitrogens with one attached hydrogen (secondary N) is 1. The van der Waals surface area contributed by atoms with E-state index in [2.05, 4.69) is 66.3 Å². The average Bonchev–Trinajstić information content (AvgIpc) is 2.37. The molecule has 1 nitrogen and oxygen atoms in total. The average molecular weight is 312 g/mol. The van der Waals surface area contributed by atoms with Crippen molar-refractivity contribution < 1.29 is 0 Å². The highest BCUT2D eigenvalue weighted by atomic mass is 79.9. The van der Waals surface area contributed by atoms with Gasteiger partial charge in [-0.2, -0.15) is 0 Å². The Kier molecular flexibility index (Phi) is 7.60. The van der Waals surface area contributed by atoms with Gasteiger partial charge in [0.05, 0.1) is 0 Å². The third-order valence-electron chi connectivity index (χ3n) is 3.40. The van der Waals surface area contributed by atoms with E-state index in [-0.39, 0.29) is 0 Å². The fraction of sp³-hybridized carbons (Fsp3) is 0.625. The Hall–Kier alpha value is -0.340. The molecule has 0 spiro atoms. The van der Waals surface area contributed by atoms with Gasteiger partial charge in [0.15, 0.2) is 0 Å². The van der Waals surface area contributed by atoms with Gasteiger partial charge in [-0.15, -0.1) is 0 Å². The Morgan fingerprint density at radius 2 is 1.72 bits per heavy atom. The van der Waals surface area contributed by atoms with E-state index >= 15 is 0 Å². The van der Waals surface area contributed by atoms with Gasteiger partial charge in [-0.1, -0.05) is 61.2 Å². The molecular weight excluding hydrogens is 286 g/mol. The first-order chi connectivity index (χ1) is 8.67. The fourth-order valence-electron chi connectivity index (χ4n) is 2.31. The van der Waals surface area contributed by atoms with E-state index in [9.17, 15) is 0 Å². The monoisotopic (exact) mass is 311 g/mol. The zero-order valence-corrected chi connectivity index (χ0v) is 13.5. The molecule has 1 aromatic rings. The Balaban J connectivity index is 2.53. The first kappa shape index (κ1) is 15.7. The second-order valence-corrected chi connectivity index (χ2v) is 5.98. The van der Waals surface area contributed by atoms with Crippen LogP contribution in [0, 0.1) is 0 Å². The summed E-state index contributed by atoms with van der Waals surface area (Å²) in [4.78, 5) is 0. The summed E-state index contributed by atoms with van der Waals surface area (Å²) in [6, 6.07) is 9.73. The van der Waals surface area contributed by atoms with Crippen molar-refractivity contribution in [2.24, 2.45) is 0 Å². The van der Waals surface area contributed by atoms with E-state index in [0.29, 0.717) is 12.1 Å². The number of hydrogen-bond acceptors (Lipinski definition) is 1. The lowest BCUT2D eigenvalue weighted by atomic mass is 10.0. The maximum atomic E-state index is 3.77. The summed E-state index contributed by atoms with van der Waals surface area (Å²) in [7, 11) is 0. The summed E-state index contributed by atoms with van der Waals surface area (Å²) in [5, 5.41) is 3.77. The summed E-state index contributed by atoms with van der Waals surface area (Å²) >= 11 is 3.48. The van der Waals surface area contributed by atoms with Crippen LogP contribution in [0.25, 0.3) is 0 Å². The highest BCUT2D eigenvalue weighted by molar-refractivity contribution is 9.10. The molecule has 18 heavy (non-hydrogen) atoms. The third kappa shape index (κ3) is 5.53. The van der Waals surface area contributed by atoms with Gasteiger partial charge < -0.3 is 5.32 Å².